The molecule has 12 nitrogen and oxygen atoms in total. The van der Waals surface area contributed by atoms with Crippen molar-refractivity contribution in [3.8, 4) is 0 Å². The summed E-state index contributed by atoms with van der Waals surface area (Å²) in [7, 11) is 3.16. The monoisotopic (exact) mass is 520 g/mol. The molecular formula is C26H28N6O6. The summed E-state index contributed by atoms with van der Waals surface area (Å²) in [6, 6.07) is 7.64. The van der Waals surface area contributed by atoms with E-state index in [0.29, 0.717) is 41.3 Å². The van der Waals surface area contributed by atoms with E-state index in [4.69, 9.17) is 0 Å². The maximum Gasteiger partial charge on any atom is 0.331 e. The molecule has 1 aliphatic rings. The first-order valence-electron chi connectivity index (χ1n) is 12.4. The fourth-order valence-electron chi connectivity index (χ4n) is 5.48. The Bertz CT molecular complexity index is 1820. The van der Waals surface area contributed by atoms with Gasteiger partial charge in [0.1, 0.15) is 5.56 Å². The number of carbonyl (C=O) groups is 1. The highest BCUT2D eigenvalue weighted by molar-refractivity contribution is 6.02. The first-order chi connectivity index (χ1) is 18.0. The van der Waals surface area contributed by atoms with E-state index < -0.39 is 22.6 Å². The van der Waals surface area contributed by atoms with E-state index in [-0.39, 0.29) is 35.6 Å². The van der Waals surface area contributed by atoms with Crippen molar-refractivity contribution in [3.05, 3.63) is 82.9 Å². The first kappa shape index (κ1) is 25.2. The summed E-state index contributed by atoms with van der Waals surface area (Å²) >= 11 is 0. The van der Waals surface area contributed by atoms with E-state index in [1.165, 1.54) is 42.3 Å². The Hall–Kier alpha value is -4.48. The van der Waals surface area contributed by atoms with Crippen LogP contribution in [0.5, 0.6) is 0 Å². The van der Waals surface area contributed by atoms with Crippen LogP contribution >= 0.6 is 0 Å². The summed E-state index contributed by atoms with van der Waals surface area (Å²) in [5.74, 6) is -0.523. The van der Waals surface area contributed by atoms with Crippen molar-refractivity contribution >= 4 is 33.5 Å². The number of piperidine rings is 1. The van der Waals surface area contributed by atoms with Crippen LogP contribution in [0, 0.1) is 17.0 Å². The highest BCUT2D eigenvalue weighted by Gasteiger charge is 2.32. The number of imidazole rings is 1. The van der Waals surface area contributed by atoms with Gasteiger partial charge in [0.15, 0.2) is 0 Å². The van der Waals surface area contributed by atoms with E-state index >= 15 is 0 Å². The van der Waals surface area contributed by atoms with Crippen LogP contribution in [0.2, 0.25) is 0 Å². The summed E-state index contributed by atoms with van der Waals surface area (Å²) < 4.78 is 5.52. The molecular weight excluding hydrogens is 492 g/mol. The molecule has 2 aromatic heterocycles. The van der Waals surface area contributed by atoms with Crippen molar-refractivity contribution in [2.24, 2.45) is 14.1 Å². The average molecular weight is 521 g/mol. The number of hydrogen-bond donors (Lipinski definition) is 0. The average Bonchev–Trinajstić information content (AvgIpc) is 3.14. The van der Waals surface area contributed by atoms with Crippen molar-refractivity contribution in [3.63, 3.8) is 0 Å². The minimum absolute atomic E-state index is 0.0944. The summed E-state index contributed by atoms with van der Waals surface area (Å²) in [6.07, 6.45) is 0.693. The predicted molar refractivity (Wildman–Crippen MR) is 142 cm³/mol. The van der Waals surface area contributed by atoms with Gasteiger partial charge in [-0.1, -0.05) is 11.6 Å². The number of nitrogens with zero attached hydrogens (tertiary/aromatic N) is 6. The fraction of sp³-hybridized carbons (Fsp3) is 0.385. The molecule has 12 heteroatoms. The number of rotatable bonds is 4. The normalized spacial score (nSPS) is 14.5. The lowest BCUT2D eigenvalue weighted by molar-refractivity contribution is -0.385. The lowest BCUT2D eigenvalue weighted by Crippen LogP contribution is -2.46. The topological polar surface area (TPSA) is 134 Å². The SMILES string of the molecule is CCn1c(=O)n(C)c2cc([N+](=O)[O-])c(C(=O)N3CCC(n4c(=O)c5cc(C)ccc5n(C)c4=O)CC3)cc21. The number of aryl methyl sites for hydroxylation is 4. The Balaban J connectivity index is 1.48. The number of benzene rings is 2. The largest absolute Gasteiger partial charge is 0.338 e. The van der Waals surface area contributed by atoms with E-state index in [1.807, 2.05) is 13.0 Å². The van der Waals surface area contributed by atoms with Crippen molar-refractivity contribution in [1.29, 1.82) is 0 Å². The van der Waals surface area contributed by atoms with Crippen LogP contribution in [0.15, 0.2) is 44.7 Å². The molecule has 2 aromatic carbocycles. The van der Waals surface area contributed by atoms with Gasteiger partial charge < -0.3 is 4.90 Å². The Labute approximate surface area is 216 Å². The molecule has 1 aliphatic heterocycles. The molecule has 1 amide bonds. The number of likely N-dealkylation sites (tertiary alicyclic amines) is 1. The van der Waals surface area contributed by atoms with Gasteiger partial charge in [0.25, 0.3) is 17.2 Å². The third kappa shape index (κ3) is 3.75. The maximum absolute atomic E-state index is 13.5. The molecule has 0 bridgehead atoms. The minimum atomic E-state index is -0.618. The van der Waals surface area contributed by atoms with Crippen LogP contribution < -0.4 is 16.9 Å². The van der Waals surface area contributed by atoms with Crippen LogP contribution in [-0.4, -0.2) is 47.1 Å². The second-order valence-corrected chi connectivity index (χ2v) is 9.76. The molecule has 1 fully saturated rings. The Morgan fingerprint density at radius 3 is 2.26 bits per heavy atom. The van der Waals surface area contributed by atoms with Crippen molar-refractivity contribution < 1.29 is 9.72 Å². The van der Waals surface area contributed by atoms with Crippen molar-refractivity contribution in [2.45, 2.75) is 39.3 Å². The van der Waals surface area contributed by atoms with Gasteiger partial charge in [-0.15, -0.1) is 0 Å². The first-order valence-corrected chi connectivity index (χ1v) is 12.4. The lowest BCUT2D eigenvalue weighted by atomic mass is 10.0. The van der Waals surface area contributed by atoms with Gasteiger partial charge in [0.2, 0.25) is 0 Å². The van der Waals surface area contributed by atoms with Gasteiger partial charge in [-0.25, -0.2) is 9.59 Å². The molecule has 198 valence electrons. The van der Waals surface area contributed by atoms with Crippen LogP contribution in [0.25, 0.3) is 21.9 Å². The molecule has 0 aliphatic carbocycles. The summed E-state index contributed by atoms with van der Waals surface area (Å²) in [6.45, 7) is 4.45. The number of aromatic nitrogens is 4. The number of amides is 1. The number of nitro groups is 1. The number of fused-ring (bicyclic) bond motifs is 2. The van der Waals surface area contributed by atoms with Crippen LogP contribution in [-0.2, 0) is 20.6 Å². The van der Waals surface area contributed by atoms with Gasteiger partial charge in [0.05, 0.1) is 26.9 Å². The Kier molecular flexibility index (Phi) is 6.04. The van der Waals surface area contributed by atoms with Crippen molar-refractivity contribution in [2.75, 3.05) is 13.1 Å². The maximum atomic E-state index is 13.5. The molecule has 38 heavy (non-hydrogen) atoms. The zero-order chi connectivity index (χ0) is 27.5. The van der Waals surface area contributed by atoms with Crippen LogP contribution in [0.4, 0.5) is 5.69 Å². The van der Waals surface area contributed by atoms with E-state index in [2.05, 4.69) is 0 Å². The van der Waals surface area contributed by atoms with Crippen LogP contribution in [0.3, 0.4) is 0 Å². The van der Waals surface area contributed by atoms with E-state index in [0.717, 1.165) is 5.56 Å². The smallest absolute Gasteiger partial charge is 0.331 e. The zero-order valence-electron chi connectivity index (χ0n) is 21.6. The van der Waals surface area contributed by atoms with Gasteiger partial charge in [-0.2, -0.15) is 0 Å². The predicted octanol–water partition coefficient (Wildman–Crippen LogP) is 2.07. The van der Waals surface area contributed by atoms with E-state index in [1.54, 1.807) is 26.1 Å². The molecule has 0 unspecified atom stereocenters. The summed E-state index contributed by atoms with van der Waals surface area (Å²) in [5, 5.41) is 12.3. The highest BCUT2D eigenvalue weighted by atomic mass is 16.6. The lowest BCUT2D eigenvalue weighted by Gasteiger charge is -2.32. The Morgan fingerprint density at radius 1 is 0.974 bits per heavy atom. The molecule has 0 saturated carbocycles. The van der Waals surface area contributed by atoms with Gasteiger partial charge in [-0.05, 0) is 44.9 Å². The third-order valence-corrected chi connectivity index (χ3v) is 7.58. The highest BCUT2D eigenvalue weighted by Crippen LogP contribution is 2.29. The number of nitro benzene ring substituents is 1. The van der Waals surface area contributed by atoms with E-state index in [9.17, 15) is 29.3 Å². The molecule has 5 rings (SSSR count). The minimum Gasteiger partial charge on any atom is -0.338 e. The molecule has 1 saturated heterocycles. The van der Waals surface area contributed by atoms with Crippen molar-refractivity contribution in [1.82, 2.24) is 23.2 Å². The van der Waals surface area contributed by atoms with Gasteiger partial charge in [-0.3, -0.25) is 38.0 Å². The summed E-state index contributed by atoms with van der Waals surface area (Å²) in [5.41, 5.74) is 0.727. The third-order valence-electron chi connectivity index (χ3n) is 7.58. The fourth-order valence-corrected chi connectivity index (χ4v) is 5.48. The second kappa shape index (κ2) is 9.12. The molecule has 4 aromatic rings. The molecule has 0 spiro atoms. The second-order valence-electron chi connectivity index (χ2n) is 9.76. The Morgan fingerprint density at radius 2 is 1.63 bits per heavy atom. The zero-order valence-corrected chi connectivity index (χ0v) is 21.6. The standard InChI is InChI=1S/C26H28N6O6/c1-5-30-22-13-18(20(32(37)38)14-21(22)28(4)25(30)35)23(33)29-10-8-16(9-11-29)31-24(34)17-12-15(2)6-7-19(17)27(3)26(31)36/h6-7,12-14,16H,5,8-11H2,1-4H3. The number of carbonyl (C=O) groups excluding carboxylic acids is 1. The number of hydrogen-bond acceptors (Lipinski definition) is 6. The molecule has 3 heterocycles. The summed E-state index contributed by atoms with van der Waals surface area (Å²) in [4.78, 5) is 65.2. The molecule has 0 radical (unpaired) electrons. The van der Waals surface area contributed by atoms with Gasteiger partial charge in [0, 0.05) is 45.8 Å². The molecule has 0 atom stereocenters. The molecule has 0 N–H and O–H groups in total. The van der Waals surface area contributed by atoms with Crippen LogP contribution in [0.1, 0.15) is 41.7 Å². The quantitative estimate of drug-likeness (QED) is 0.299. The van der Waals surface area contributed by atoms with Gasteiger partial charge >= 0.3 is 11.4 Å².